The molecule has 0 radical (unpaired) electrons. The first-order valence-corrected chi connectivity index (χ1v) is 5.01. The molecule has 0 unspecified atom stereocenters. The van der Waals surface area contributed by atoms with E-state index in [0.29, 0.717) is 0 Å². The maximum Gasteiger partial charge on any atom is 1.00 e. The molecule has 0 aliphatic heterocycles. The molecule has 0 aliphatic rings. The zero-order valence-corrected chi connectivity index (χ0v) is 8.96. The van der Waals surface area contributed by atoms with Gasteiger partial charge in [-0.05, 0) is 0 Å². The van der Waals surface area contributed by atoms with Crippen molar-refractivity contribution < 1.29 is 58.8 Å². The van der Waals surface area contributed by atoms with E-state index in [4.69, 9.17) is 0 Å². The van der Waals surface area contributed by atoms with E-state index in [1.807, 2.05) is 0 Å². The third-order valence-electron chi connectivity index (χ3n) is 0.850. The fourth-order valence-corrected chi connectivity index (χ4v) is 1.14. The largest absolute Gasteiger partial charge is 1.00 e. The summed E-state index contributed by atoms with van der Waals surface area (Å²) in [6.07, 6.45) is -9.62. The van der Waals surface area contributed by atoms with Crippen LogP contribution in [-0.4, -0.2) is 25.6 Å². The molecule has 0 fully saturated rings. The van der Waals surface area contributed by atoms with Crippen LogP contribution in [0.15, 0.2) is 0 Å². The van der Waals surface area contributed by atoms with Crippen LogP contribution in [0.5, 0.6) is 0 Å². The van der Waals surface area contributed by atoms with Gasteiger partial charge in [0.1, 0.15) is 13.2 Å². The molecule has 0 aromatic rings. The van der Waals surface area contributed by atoms with Crippen LogP contribution in [0.3, 0.4) is 0 Å². The zero-order chi connectivity index (χ0) is 12.3. The molecule has 0 aromatic heterocycles. The summed E-state index contributed by atoms with van der Waals surface area (Å²) in [6.45, 7) is -1.47. The molecule has 0 rings (SSSR count). The van der Waals surface area contributed by atoms with Gasteiger partial charge in [-0.1, -0.05) is 0 Å². The molecule has 92 valence electrons. The van der Waals surface area contributed by atoms with E-state index in [2.05, 4.69) is 15.7 Å². The van der Waals surface area contributed by atoms with Gasteiger partial charge >= 0.3 is 31.2 Å². The van der Waals surface area contributed by atoms with Crippen molar-refractivity contribution in [2.45, 2.75) is 12.4 Å². The van der Waals surface area contributed by atoms with E-state index in [1.54, 1.807) is 0 Å². The van der Waals surface area contributed by atoms with Crippen molar-refractivity contribution in [1.29, 1.82) is 0 Å². The van der Waals surface area contributed by atoms with Gasteiger partial charge in [0.15, 0.2) is 7.60 Å². The molecule has 0 amide bonds. The van der Waals surface area contributed by atoms with Gasteiger partial charge in [0.25, 0.3) is 0 Å². The van der Waals surface area contributed by atoms with Crippen molar-refractivity contribution in [2.75, 3.05) is 13.2 Å². The molecule has 0 N–H and O–H groups in total. The second kappa shape index (κ2) is 6.31. The van der Waals surface area contributed by atoms with Gasteiger partial charge in [-0.15, -0.1) is 0 Å². The summed E-state index contributed by atoms with van der Waals surface area (Å²) in [6, 6.07) is 0. The average molecular weight is 266 g/mol. The Morgan fingerprint density at radius 2 is 1.19 bits per heavy atom. The first kappa shape index (κ1) is 18.7. The summed E-state index contributed by atoms with van der Waals surface area (Å²) in [7, 11) is -4.58. The van der Waals surface area contributed by atoms with Gasteiger partial charge in [-0.2, -0.15) is 26.3 Å². The number of halogens is 6. The van der Waals surface area contributed by atoms with Crippen molar-refractivity contribution in [1.82, 2.24) is 0 Å². The number of rotatable bonds is 4. The van der Waals surface area contributed by atoms with Gasteiger partial charge in [0.05, 0.1) is 0 Å². The topological polar surface area (TPSA) is 35.5 Å². The summed E-state index contributed by atoms with van der Waals surface area (Å²) in [5.74, 6) is 0. The fraction of sp³-hybridized carbons (Fsp3) is 0.800. The Morgan fingerprint density at radius 1 is 0.938 bits per heavy atom. The third kappa shape index (κ3) is 12.4. The molecule has 11 heteroatoms. The summed E-state index contributed by atoms with van der Waals surface area (Å²) >= 11 is 0. The van der Waals surface area contributed by atoms with E-state index >= 15 is 0 Å². The molecular weight excluding hydrogens is 260 g/mol. The van der Waals surface area contributed by atoms with Crippen LogP contribution in [0.25, 0.3) is 0 Å². The van der Waals surface area contributed by atoms with Gasteiger partial charge in [0, 0.05) is 0 Å². The van der Waals surface area contributed by atoms with Crippen LogP contribution in [0.2, 0.25) is 0 Å². The SMILES string of the molecule is [CH2-]P(=O)(OCC(F)(F)F)OCC(F)(F)F.[Li+]. The molecule has 0 atom stereocenters. The molecule has 16 heavy (non-hydrogen) atoms. The number of hydrogen-bond acceptors (Lipinski definition) is 3. The van der Waals surface area contributed by atoms with E-state index in [9.17, 15) is 30.9 Å². The summed E-state index contributed by atoms with van der Waals surface area (Å²) in [5, 5.41) is 0. The maximum atomic E-state index is 11.5. The minimum absolute atomic E-state index is 0. The fourth-order valence-electron chi connectivity index (χ4n) is 0.380. The van der Waals surface area contributed by atoms with Gasteiger partial charge < -0.3 is 9.05 Å². The predicted molar refractivity (Wildman–Crippen MR) is 37.0 cm³/mol. The summed E-state index contributed by atoms with van der Waals surface area (Å²) < 4.78 is 87.0. The monoisotopic (exact) mass is 266 g/mol. The van der Waals surface area contributed by atoms with Crippen LogP contribution in [-0.2, 0) is 13.6 Å². The van der Waals surface area contributed by atoms with Crippen molar-refractivity contribution in [3.05, 3.63) is 6.66 Å². The molecule has 0 spiro atoms. The molecule has 0 aromatic carbocycles. The maximum absolute atomic E-state index is 11.5. The van der Waals surface area contributed by atoms with E-state index < -0.39 is 33.2 Å². The number of hydrogen-bond donors (Lipinski definition) is 0. The molecule has 0 aliphatic carbocycles. The van der Waals surface area contributed by atoms with Crippen LogP contribution < -0.4 is 18.9 Å². The Bertz CT molecular complexity index is 230. The molecule has 0 bridgehead atoms. The quantitative estimate of drug-likeness (QED) is 0.314. The van der Waals surface area contributed by atoms with Gasteiger partial charge in [-0.3, -0.25) is 4.57 Å². The Kier molecular flexibility index (Phi) is 7.37. The first-order chi connectivity index (χ1) is 6.41. The molecular formula is C5H6F6LiO3P. The van der Waals surface area contributed by atoms with Crippen molar-refractivity contribution >= 4 is 7.60 Å². The third-order valence-corrected chi connectivity index (χ3v) is 1.89. The predicted octanol–water partition coefficient (Wildman–Crippen LogP) is 0.133. The van der Waals surface area contributed by atoms with Crippen molar-refractivity contribution in [3.8, 4) is 0 Å². The van der Waals surface area contributed by atoms with Crippen molar-refractivity contribution in [2.24, 2.45) is 0 Å². The molecule has 0 saturated heterocycles. The van der Waals surface area contributed by atoms with Crippen molar-refractivity contribution in [3.63, 3.8) is 0 Å². The van der Waals surface area contributed by atoms with E-state index in [0.717, 1.165) is 0 Å². The molecule has 0 saturated carbocycles. The first-order valence-electron chi connectivity index (χ1n) is 3.28. The van der Waals surface area contributed by atoms with Crippen LogP contribution in [0, 0.1) is 6.66 Å². The molecule has 0 heterocycles. The van der Waals surface area contributed by atoms with Gasteiger partial charge in [-0.25, -0.2) is 6.66 Å². The van der Waals surface area contributed by atoms with E-state index in [1.165, 1.54) is 0 Å². The second-order valence-corrected chi connectivity index (χ2v) is 4.13. The van der Waals surface area contributed by atoms with E-state index in [-0.39, 0.29) is 18.9 Å². The number of alkyl halides is 6. The van der Waals surface area contributed by atoms with Crippen LogP contribution >= 0.6 is 7.60 Å². The van der Waals surface area contributed by atoms with Crippen LogP contribution in [0.1, 0.15) is 0 Å². The molecule has 3 nitrogen and oxygen atoms in total. The average Bonchev–Trinajstić information content (AvgIpc) is 1.96. The van der Waals surface area contributed by atoms with Crippen LogP contribution in [0.4, 0.5) is 26.3 Å². The smallest absolute Gasteiger partial charge is 0.322 e. The van der Waals surface area contributed by atoms with Gasteiger partial charge in [0.2, 0.25) is 0 Å². The minimum Gasteiger partial charge on any atom is -0.322 e. The summed E-state index contributed by atoms with van der Waals surface area (Å²) in [5.41, 5.74) is 0. The Hall–Kier alpha value is 0.327. The Morgan fingerprint density at radius 3 is 1.38 bits per heavy atom. The Balaban J connectivity index is 0. The summed E-state index contributed by atoms with van der Waals surface area (Å²) in [4.78, 5) is 0. The normalized spacial score (nSPS) is 13.4. The minimum atomic E-state index is -4.81. The standard InChI is InChI=1S/C5H6F6O3P.Li/c1-15(12,13-2-4(6,7)8)14-3-5(9,10)11;/h1-3H2;/q-1;+1. The second-order valence-electron chi connectivity index (χ2n) is 2.39. The zero-order valence-electron chi connectivity index (χ0n) is 8.06. The Labute approximate surface area is 99.2 Å².